The zero-order valence-corrected chi connectivity index (χ0v) is 13.3. The number of fused-ring (bicyclic) bond motifs is 1. The van der Waals surface area contributed by atoms with E-state index < -0.39 is 0 Å². The summed E-state index contributed by atoms with van der Waals surface area (Å²) < 4.78 is 1.72. The minimum absolute atomic E-state index is 0.116. The smallest absolute Gasteiger partial charge is 0.256 e. The molecule has 1 amide bonds. The van der Waals surface area contributed by atoms with E-state index in [9.17, 15) is 4.79 Å². The lowest BCUT2D eigenvalue weighted by atomic mass is 10.1. The summed E-state index contributed by atoms with van der Waals surface area (Å²) in [5.74, 6) is 0.387. The van der Waals surface area contributed by atoms with Gasteiger partial charge in [-0.15, -0.1) is 0 Å². The van der Waals surface area contributed by atoms with Crippen LogP contribution in [0.3, 0.4) is 0 Å². The van der Waals surface area contributed by atoms with Crippen LogP contribution in [-0.4, -0.2) is 40.1 Å². The molecule has 2 aromatic heterocycles. The maximum Gasteiger partial charge on any atom is 0.256 e. The molecule has 6 nitrogen and oxygen atoms in total. The molecule has 1 fully saturated rings. The summed E-state index contributed by atoms with van der Waals surface area (Å²) in [5.41, 5.74) is 3.05. The fourth-order valence-corrected chi connectivity index (χ4v) is 3.10. The number of carbonyl (C=O) groups is 1. The van der Waals surface area contributed by atoms with Gasteiger partial charge in [-0.05, 0) is 31.5 Å². The number of aromatic nitrogens is 3. The minimum Gasteiger partial charge on any atom is -0.352 e. The van der Waals surface area contributed by atoms with Crippen LogP contribution >= 0.6 is 0 Å². The second kappa shape index (κ2) is 6.41. The third-order valence-electron chi connectivity index (χ3n) is 4.43. The lowest BCUT2D eigenvalue weighted by Gasteiger charge is -2.09. The maximum atomic E-state index is 12.5. The summed E-state index contributed by atoms with van der Waals surface area (Å²) in [4.78, 5) is 16.9. The molecule has 1 aromatic carbocycles. The summed E-state index contributed by atoms with van der Waals surface area (Å²) in [6.45, 7) is 2.67. The lowest BCUT2D eigenvalue weighted by molar-refractivity contribution is 0.0949. The molecule has 1 aliphatic heterocycles. The Morgan fingerprint density at radius 1 is 1.29 bits per heavy atom. The molecule has 0 spiro atoms. The summed E-state index contributed by atoms with van der Waals surface area (Å²) in [6, 6.07) is 11.9. The molecular formula is C18H19N5O. The number of rotatable bonds is 4. The molecule has 2 N–H and O–H groups in total. The van der Waals surface area contributed by atoms with Crippen molar-refractivity contribution in [3.63, 3.8) is 0 Å². The first-order chi connectivity index (χ1) is 11.8. The highest BCUT2D eigenvalue weighted by Crippen LogP contribution is 2.20. The van der Waals surface area contributed by atoms with Crippen molar-refractivity contribution in [2.24, 2.45) is 5.92 Å². The summed E-state index contributed by atoms with van der Waals surface area (Å²) >= 11 is 0. The van der Waals surface area contributed by atoms with Gasteiger partial charge in [-0.25, -0.2) is 9.50 Å². The van der Waals surface area contributed by atoms with Crippen LogP contribution in [0.2, 0.25) is 0 Å². The van der Waals surface area contributed by atoms with Crippen LogP contribution in [0, 0.1) is 5.92 Å². The van der Waals surface area contributed by atoms with Crippen LogP contribution in [0.4, 0.5) is 0 Å². The summed E-state index contributed by atoms with van der Waals surface area (Å²) in [5, 5.41) is 10.7. The number of nitrogens with one attached hydrogen (secondary N) is 2. The van der Waals surface area contributed by atoms with Crippen molar-refractivity contribution in [1.82, 2.24) is 25.2 Å². The monoisotopic (exact) mass is 321 g/mol. The molecule has 0 bridgehead atoms. The van der Waals surface area contributed by atoms with E-state index in [1.807, 2.05) is 36.4 Å². The first kappa shape index (κ1) is 14.8. The topological polar surface area (TPSA) is 71.3 Å². The predicted molar refractivity (Wildman–Crippen MR) is 91.7 cm³/mol. The Kier molecular flexibility index (Phi) is 3.96. The molecule has 3 aromatic rings. The summed E-state index contributed by atoms with van der Waals surface area (Å²) in [6.07, 6.45) is 4.42. The highest BCUT2D eigenvalue weighted by molar-refractivity contribution is 5.99. The quantitative estimate of drug-likeness (QED) is 0.768. The highest BCUT2D eigenvalue weighted by Gasteiger charge is 2.19. The number of hydrogen-bond acceptors (Lipinski definition) is 4. The van der Waals surface area contributed by atoms with Crippen molar-refractivity contribution < 1.29 is 4.79 Å². The zero-order chi connectivity index (χ0) is 16.4. The molecule has 1 aliphatic rings. The van der Waals surface area contributed by atoms with Crippen molar-refractivity contribution in [3.05, 3.63) is 54.4 Å². The van der Waals surface area contributed by atoms with Crippen LogP contribution in [0.15, 0.2) is 48.8 Å². The SMILES string of the molecule is O=C(NC[C@H]1CCNC1)c1cnn2c(-c3ccccc3)ccnc12. The Labute approximate surface area is 139 Å². The van der Waals surface area contributed by atoms with E-state index in [1.165, 1.54) is 0 Å². The third-order valence-corrected chi connectivity index (χ3v) is 4.43. The maximum absolute atomic E-state index is 12.5. The molecule has 0 unspecified atom stereocenters. The average Bonchev–Trinajstić information content (AvgIpc) is 3.29. The van der Waals surface area contributed by atoms with Gasteiger partial charge in [0.15, 0.2) is 5.65 Å². The molecule has 0 radical (unpaired) electrons. The van der Waals surface area contributed by atoms with Crippen LogP contribution in [0.1, 0.15) is 16.8 Å². The van der Waals surface area contributed by atoms with Gasteiger partial charge in [0.1, 0.15) is 5.56 Å². The fraction of sp³-hybridized carbons (Fsp3) is 0.278. The number of nitrogens with zero attached hydrogens (tertiary/aromatic N) is 3. The van der Waals surface area contributed by atoms with Gasteiger partial charge in [-0.1, -0.05) is 30.3 Å². The molecule has 3 heterocycles. The molecule has 0 saturated carbocycles. The normalized spacial score (nSPS) is 17.2. The Balaban J connectivity index is 1.62. The van der Waals surface area contributed by atoms with Crippen molar-refractivity contribution in [2.75, 3.05) is 19.6 Å². The molecule has 1 saturated heterocycles. The largest absolute Gasteiger partial charge is 0.352 e. The van der Waals surface area contributed by atoms with Gasteiger partial charge in [0, 0.05) is 18.3 Å². The van der Waals surface area contributed by atoms with Crippen LogP contribution < -0.4 is 10.6 Å². The Morgan fingerprint density at radius 2 is 2.17 bits per heavy atom. The Hall–Kier alpha value is -2.73. The molecule has 4 rings (SSSR count). The van der Waals surface area contributed by atoms with Crippen LogP contribution in [0.5, 0.6) is 0 Å². The van der Waals surface area contributed by atoms with Crippen LogP contribution in [-0.2, 0) is 0 Å². The van der Waals surface area contributed by atoms with Gasteiger partial charge in [0.2, 0.25) is 0 Å². The molecule has 0 aliphatic carbocycles. The van der Waals surface area contributed by atoms with Gasteiger partial charge >= 0.3 is 0 Å². The summed E-state index contributed by atoms with van der Waals surface area (Å²) in [7, 11) is 0. The van der Waals surface area contributed by atoms with E-state index in [4.69, 9.17) is 0 Å². The van der Waals surface area contributed by atoms with Crippen molar-refractivity contribution in [3.8, 4) is 11.3 Å². The van der Waals surface area contributed by atoms with E-state index in [0.717, 1.165) is 30.8 Å². The van der Waals surface area contributed by atoms with Gasteiger partial charge in [-0.2, -0.15) is 5.10 Å². The van der Waals surface area contributed by atoms with Crippen molar-refractivity contribution >= 4 is 11.6 Å². The first-order valence-corrected chi connectivity index (χ1v) is 8.20. The zero-order valence-electron chi connectivity index (χ0n) is 13.3. The fourth-order valence-electron chi connectivity index (χ4n) is 3.10. The number of hydrogen-bond donors (Lipinski definition) is 2. The lowest BCUT2D eigenvalue weighted by Crippen LogP contribution is -2.30. The standard InChI is InChI=1S/C18H19N5O/c24-18(21-11-13-6-8-19-10-13)15-12-22-23-16(7-9-20-17(15)23)14-4-2-1-3-5-14/h1-5,7,9,12-13,19H,6,8,10-11H2,(H,21,24)/t13-/m0/s1. The van der Waals surface area contributed by atoms with Crippen molar-refractivity contribution in [2.45, 2.75) is 6.42 Å². The van der Waals surface area contributed by atoms with E-state index in [-0.39, 0.29) is 5.91 Å². The van der Waals surface area contributed by atoms with E-state index in [1.54, 1.807) is 16.9 Å². The predicted octanol–water partition coefficient (Wildman–Crippen LogP) is 1.74. The Bertz CT molecular complexity index is 852. The minimum atomic E-state index is -0.116. The number of carbonyl (C=O) groups excluding carboxylic acids is 1. The molecular weight excluding hydrogens is 302 g/mol. The van der Waals surface area contributed by atoms with Gasteiger partial charge in [-0.3, -0.25) is 4.79 Å². The number of amides is 1. The highest BCUT2D eigenvalue weighted by atomic mass is 16.1. The van der Waals surface area contributed by atoms with Crippen molar-refractivity contribution in [1.29, 1.82) is 0 Å². The second-order valence-corrected chi connectivity index (χ2v) is 6.06. The van der Waals surface area contributed by atoms with Gasteiger partial charge < -0.3 is 10.6 Å². The molecule has 24 heavy (non-hydrogen) atoms. The second-order valence-electron chi connectivity index (χ2n) is 6.06. The number of benzene rings is 1. The van der Waals surface area contributed by atoms with E-state index in [0.29, 0.717) is 23.7 Å². The van der Waals surface area contributed by atoms with Gasteiger partial charge in [0.25, 0.3) is 5.91 Å². The van der Waals surface area contributed by atoms with E-state index in [2.05, 4.69) is 20.7 Å². The van der Waals surface area contributed by atoms with Crippen LogP contribution in [0.25, 0.3) is 16.9 Å². The average molecular weight is 321 g/mol. The molecule has 6 heteroatoms. The van der Waals surface area contributed by atoms with Gasteiger partial charge in [0.05, 0.1) is 11.9 Å². The molecule has 1 atom stereocenters. The van der Waals surface area contributed by atoms with E-state index >= 15 is 0 Å². The molecule has 122 valence electrons. The third kappa shape index (κ3) is 2.76. The first-order valence-electron chi connectivity index (χ1n) is 8.20. The Morgan fingerprint density at radius 3 is 2.96 bits per heavy atom.